The van der Waals surface area contributed by atoms with Gasteiger partial charge in [0, 0.05) is 30.2 Å². The standard InChI is InChI=1S/C29H26N2O3/c32-29(28-11-6-18-33-28)31(17-16-24-19-30-27-10-5-4-9-26(24)27)20-22-12-14-25(15-13-22)34-21-23-7-2-1-3-8-23/h1-15,18-19,30H,16-17,20-21H2. The number of ether oxygens (including phenoxy) is 1. The maximum Gasteiger partial charge on any atom is 0.289 e. The molecule has 0 spiro atoms. The lowest BCUT2D eigenvalue weighted by atomic mass is 10.1. The lowest BCUT2D eigenvalue weighted by Crippen LogP contribution is -2.32. The van der Waals surface area contributed by atoms with Gasteiger partial charge in [-0.15, -0.1) is 0 Å². The number of aromatic nitrogens is 1. The van der Waals surface area contributed by atoms with Crippen LogP contribution in [0.3, 0.4) is 0 Å². The van der Waals surface area contributed by atoms with Gasteiger partial charge in [-0.2, -0.15) is 0 Å². The third-order valence-electron chi connectivity index (χ3n) is 5.89. The summed E-state index contributed by atoms with van der Waals surface area (Å²) in [6, 6.07) is 29.7. The highest BCUT2D eigenvalue weighted by atomic mass is 16.5. The summed E-state index contributed by atoms with van der Waals surface area (Å²) >= 11 is 0. The summed E-state index contributed by atoms with van der Waals surface area (Å²) in [4.78, 5) is 18.3. The van der Waals surface area contributed by atoms with E-state index in [-0.39, 0.29) is 5.91 Å². The Balaban J connectivity index is 1.28. The molecule has 0 fully saturated rings. The van der Waals surface area contributed by atoms with Crippen molar-refractivity contribution < 1.29 is 13.9 Å². The van der Waals surface area contributed by atoms with E-state index in [0.29, 0.717) is 25.5 Å². The van der Waals surface area contributed by atoms with Crippen molar-refractivity contribution in [1.82, 2.24) is 9.88 Å². The quantitative estimate of drug-likeness (QED) is 0.290. The van der Waals surface area contributed by atoms with Crippen molar-refractivity contribution in [1.29, 1.82) is 0 Å². The number of hydrogen-bond acceptors (Lipinski definition) is 3. The number of amides is 1. The smallest absolute Gasteiger partial charge is 0.289 e. The molecule has 0 saturated heterocycles. The minimum absolute atomic E-state index is 0.116. The Morgan fingerprint density at radius 2 is 1.65 bits per heavy atom. The molecule has 1 amide bonds. The van der Waals surface area contributed by atoms with E-state index >= 15 is 0 Å². The second-order valence-electron chi connectivity index (χ2n) is 8.23. The molecule has 34 heavy (non-hydrogen) atoms. The fourth-order valence-electron chi connectivity index (χ4n) is 4.05. The Morgan fingerprint density at radius 3 is 2.44 bits per heavy atom. The Morgan fingerprint density at radius 1 is 0.853 bits per heavy atom. The van der Waals surface area contributed by atoms with Gasteiger partial charge in [0.15, 0.2) is 5.76 Å². The second-order valence-corrected chi connectivity index (χ2v) is 8.23. The number of furan rings is 1. The third kappa shape index (κ3) is 5.04. The van der Waals surface area contributed by atoms with Gasteiger partial charge in [-0.3, -0.25) is 4.79 Å². The number of carbonyl (C=O) groups is 1. The molecule has 0 radical (unpaired) electrons. The summed E-state index contributed by atoms with van der Waals surface area (Å²) in [5.41, 5.74) is 4.45. The summed E-state index contributed by atoms with van der Waals surface area (Å²) in [5.74, 6) is 1.03. The van der Waals surface area contributed by atoms with Crippen LogP contribution < -0.4 is 4.74 Å². The van der Waals surface area contributed by atoms with Crippen LogP contribution in [-0.2, 0) is 19.6 Å². The van der Waals surface area contributed by atoms with Crippen molar-refractivity contribution in [2.75, 3.05) is 6.54 Å². The van der Waals surface area contributed by atoms with Crippen LogP contribution in [-0.4, -0.2) is 22.3 Å². The number of nitrogens with zero attached hydrogens (tertiary/aromatic N) is 1. The van der Waals surface area contributed by atoms with Gasteiger partial charge in [0.1, 0.15) is 12.4 Å². The zero-order valence-corrected chi connectivity index (χ0v) is 18.8. The molecule has 0 aliphatic heterocycles. The van der Waals surface area contributed by atoms with Crippen LogP contribution in [0.25, 0.3) is 10.9 Å². The Hall–Kier alpha value is -4.25. The maximum atomic E-state index is 13.2. The van der Waals surface area contributed by atoms with Crippen LogP contribution >= 0.6 is 0 Å². The number of aromatic amines is 1. The molecule has 3 aromatic carbocycles. The number of rotatable bonds is 9. The molecule has 0 unspecified atom stereocenters. The predicted molar refractivity (Wildman–Crippen MR) is 133 cm³/mol. The summed E-state index contributed by atoms with van der Waals surface area (Å²) in [6.07, 6.45) is 4.30. The molecule has 2 heterocycles. The first-order chi connectivity index (χ1) is 16.8. The van der Waals surface area contributed by atoms with Crippen LogP contribution in [0.1, 0.15) is 27.2 Å². The van der Waals surface area contributed by atoms with E-state index in [1.165, 1.54) is 17.2 Å². The van der Waals surface area contributed by atoms with Crippen molar-refractivity contribution in [3.05, 3.63) is 126 Å². The van der Waals surface area contributed by atoms with E-state index in [0.717, 1.165) is 28.8 Å². The summed E-state index contributed by atoms with van der Waals surface area (Å²) in [6.45, 7) is 1.59. The fraction of sp³-hybridized carbons (Fsp3) is 0.138. The van der Waals surface area contributed by atoms with Crippen LogP contribution in [0.2, 0.25) is 0 Å². The molecule has 2 aromatic heterocycles. The number of para-hydroxylation sites is 1. The normalized spacial score (nSPS) is 10.9. The monoisotopic (exact) mass is 450 g/mol. The van der Waals surface area contributed by atoms with Gasteiger partial charge in [0.25, 0.3) is 5.91 Å². The van der Waals surface area contributed by atoms with E-state index in [1.54, 1.807) is 12.1 Å². The summed E-state index contributed by atoms with van der Waals surface area (Å²) in [7, 11) is 0. The van der Waals surface area contributed by atoms with E-state index in [1.807, 2.05) is 77.8 Å². The Kier molecular flexibility index (Phi) is 6.43. The van der Waals surface area contributed by atoms with Crippen LogP contribution in [0, 0.1) is 0 Å². The first-order valence-electron chi connectivity index (χ1n) is 11.4. The van der Waals surface area contributed by atoms with Gasteiger partial charge in [-0.25, -0.2) is 0 Å². The predicted octanol–water partition coefficient (Wildman–Crippen LogP) is 6.23. The maximum absolute atomic E-state index is 13.2. The zero-order chi connectivity index (χ0) is 23.2. The van der Waals surface area contributed by atoms with Crippen LogP contribution in [0.15, 0.2) is 108 Å². The number of hydrogen-bond donors (Lipinski definition) is 1. The molecule has 0 bridgehead atoms. The lowest BCUT2D eigenvalue weighted by Gasteiger charge is -2.22. The molecule has 5 aromatic rings. The van der Waals surface area contributed by atoms with Gasteiger partial charge in [0.2, 0.25) is 0 Å². The Labute approximate surface area is 198 Å². The lowest BCUT2D eigenvalue weighted by molar-refractivity contribution is 0.0713. The third-order valence-corrected chi connectivity index (χ3v) is 5.89. The molecule has 170 valence electrons. The van der Waals surface area contributed by atoms with Crippen molar-refractivity contribution >= 4 is 16.8 Å². The first kappa shape index (κ1) is 21.6. The Bertz CT molecular complexity index is 1340. The number of benzene rings is 3. The SMILES string of the molecule is O=C(c1ccco1)N(CCc1c[nH]c2ccccc12)Cc1ccc(OCc2ccccc2)cc1. The van der Waals surface area contributed by atoms with Crippen LogP contribution in [0.4, 0.5) is 0 Å². The number of H-pyrrole nitrogens is 1. The summed E-state index contributed by atoms with van der Waals surface area (Å²) < 4.78 is 11.3. The molecule has 5 heteroatoms. The highest BCUT2D eigenvalue weighted by molar-refractivity contribution is 5.91. The van der Waals surface area contributed by atoms with Gasteiger partial charge >= 0.3 is 0 Å². The second kappa shape index (κ2) is 10.1. The van der Waals surface area contributed by atoms with Gasteiger partial charge in [0.05, 0.1) is 6.26 Å². The molecule has 5 rings (SSSR count). The van der Waals surface area contributed by atoms with E-state index in [4.69, 9.17) is 9.15 Å². The highest BCUT2D eigenvalue weighted by Gasteiger charge is 2.19. The minimum Gasteiger partial charge on any atom is -0.489 e. The van der Waals surface area contributed by atoms with Crippen LogP contribution in [0.5, 0.6) is 5.75 Å². The molecule has 5 nitrogen and oxygen atoms in total. The van der Waals surface area contributed by atoms with E-state index in [2.05, 4.69) is 17.1 Å². The number of carbonyl (C=O) groups excluding carboxylic acids is 1. The minimum atomic E-state index is -0.116. The average Bonchev–Trinajstić information content (AvgIpc) is 3.57. The fourth-order valence-corrected chi connectivity index (χ4v) is 4.05. The van der Waals surface area contributed by atoms with E-state index in [9.17, 15) is 4.79 Å². The van der Waals surface area contributed by atoms with Gasteiger partial charge in [-0.1, -0.05) is 60.7 Å². The average molecular weight is 451 g/mol. The largest absolute Gasteiger partial charge is 0.489 e. The van der Waals surface area contributed by atoms with Crippen molar-refractivity contribution in [2.24, 2.45) is 0 Å². The molecule has 0 aliphatic rings. The van der Waals surface area contributed by atoms with Crippen molar-refractivity contribution in [3.63, 3.8) is 0 Å². The van der Waals surface area contributed by atoms with Crippen molar-refractivity contribution in [2.45, 2.75) is 19.6 Å². The molecule has 1 N–H and O–H groups in total. The zero-order valence-electron chi connectivity index (χ0n) is 18.8. The highest BCUT2D eigenvalue weighted by Crippen LogP contribution is 2.20. The molecular formula is C29H26N2O3. The molecule has 0 aliphatic carbocycles. The van der Waals surface area contributed by atoms with Gasteiger partial charge < -0.3 is 19.0 Å². The van der Waals surface area contributed by atoms with Gasteiger partial charge in [-0.05, 0) is 53.4 Å². The number of fused-ring (bicyclic) bond motifs is 1. The first-order valence-corrected chi connectivity index (χ1v) is 11.4. The molecular weight excluding hydrogens is 424 g/mol. The topological polar surface area (TPSA) is 58.5 Å². The molecule has 0 saturated carbocycles. The number of nitrogens with one attached hydrogen (secondary N) is 1. The summed E-state index contributed by atoms with van der Waals surface area (Å²) in [5, 5.41) is 1.19. The molecule has 0 atom stereocenters. The van der Waals surface area contributed by atoms with Crippen molar-refractivity contribution in [3.8, 4) is 5.75 Å². The van der Waals surface area contributed by atoms with E-state index < -0.39 is 0 Å².